The van der Waals surface area contributed by atoms with E-state index in [0.29, 0.717) is 25.4 Å². The van der Waals surface area contributed by atoms with Gasteiger partial charge in [0.15, 0.2) is 0 Å². The fourth-order valence-corrected chi connectivity index (χ4v) is 6.43. The highest BCUT2D eigenvalue weighted by Crippen LogP contribution is 2.32. The number of halogens is 1. The van der Waals surface area contributed by atoms with Crippen molar-refractivity contribution in [3.05, 3.63) is 66.7 Å². The fraction of sp³-hybridized carbons (Fsp3) is 0.423. The van der Waals surface area contributed by atoms with E-state index in [1.807, 2.05) is 63.2 Å². The number of carbonyl (C=O) groups excluding carboxylic acids is 1. The standard InChI is InChI=1S/C26H38N2O4Si.BrH/c1-7-30-33(31-8-2,32-9-3)22(6)19-20-28(24-13-11-10-12-14-24)25-17-15-23(16-18-25)27-26(29)21(4)5;/h10-18,22H,4,7-9,19-20H2,1-3,5-6H3,(H,27,29);1H. The van der Waals surface area contributed by atoms with Gasteiger partial charge in [-0.15, -0.1) is 17.0 Å². The van der Waals surface area contributed by atoms with Gasteiger partial charge in [0.1, 0.15) is 0 Å². The van der Waals surface area contributed by atoms with Crippen LogP contribution in [0.25, 0.3) is 0 Å². The Bertz CT molecular complexity index is 863. The van der Waals surface area contributed by atoms with Gasteiger partial charge in [0, 0.05) is 54.5 Å². The highest BCUT2D eigenvalue weighted by molar-refractivity contribution is 8.93. The molecular formula is C26H39BrN2O4Si. The molecule has 188 valence electrons. The topological polar surface area (TPSA) is 60.0 Å². The zero-order valence-corrected chi connectivity index (χ0v) is 23.7. The van der Waals surface area contributed by atoms with Crippen LogP contribution in [0.2, 0.25) is 5.54 Å². The molecule has 0 saturated heterocycles. The van der Waals surface area contributed by atoms with E-state index < -0.39 is 8.80 Å². The molecule has 0 aliphatic rings. The van der Waals surface area contributed by atoms with E-state index >= 15 is 0 Å². The summed E-state index contributed by atoms with van der Waals surface area (Å²) in [7, 11) is -2.79. The zero-order valence-electron chi connectivity index (χ0n) is 21.0. The number of hydrogen-bond donors (Lipinski definition) is 1. The van der Waals surface area contributed by atoms with Crippen LogP contribution in [0.5, 0.6) is 0 Å². The summed E-state index contributed by atoms with van der Waals surface area (Å²) in [5, 5.41) is 2.86. The molecule has 0 heterocycles. The summed E-state index contributed by atoms with van der Waals surface area (Å²) in [4.78, 5) is 14.2. The molecule has 1 N–H and O–H groups in total. The maximum atomic E-state index is 11.9. The van der Waals surface area contributed by atoms with E-state index in [1.54, 1.807) is 6.92 Å². The lowest BCUT2D eigenvalue weighted by Gasteiger charge is -2.35. The predicted molar refractivity (Wildman–Crippen MR) is 148 cm³/mol. The molecule has 0 aliphatic carbocycles. The quantitative estimate of drug-likeness (QED) is 0.208. The highest BCUT2D eigenvalue weighted by Gasteiger charge is 2.46. The van der Waals surface area contributed by atoms with Gasteiger partial charge in [-0.1, -0.05) is 31.7 Å². The van der Waals surface area contributed by atoms with E-state index in [-0.39, 0.29) is 28.4 Å². The van der Waals surface area contributed by atoms with Crippen LogP contribution >= 0.6 is 17.0 Å². The average molecular weight is 552 g/mol. The number of rotatable bonds is 14. The summed E-state index contributed by atoms with van der Waals surface area (Å²) in [5.41, 5.74) is 3.49. The second kappa shape index (κ2) is 15.1. The lowest BCUT2D eigenvalue weighted by Crippen LogP contribution is -2.50. The third-order valence-electron chi connectivity index (χ3n) is 5.32. The van der Waals surface area contributed by atoms with Gasteiger partial charge in [-0.25, -0.2) is 0 Å². The predicted octanol–water partition coefficient (Wildman–Crippen LogP) is 6.75. The maximum absolute atomic E-state index is 11.9. The Labute approximate surface area is 216 Å². The molecule has 1 amide bonds. The lowest BCUT2D eigenvalue weighted by atomic mass is 10.2. The third-order valence-corrected chi connectivity index (χ3v) is 8.89. The molecule has 34 heavy (non-hydrogen) atoms. The minimum absolute atomic E-state index is 0. The second-order valence-corrected chi connectivity index (χ2v) is 10.9. The molecule has 0 aliphatic heterocycles. The summed E-state index contributed by atoms with van der Waals surface area (Å²) in [6, 6.07) is 18.1. The smallest absolute Gasteiger partial charge is 0.374 e. The Morgan fingerprint density at radius 2 is 1.44 bits per heavy atom. The Morgan fingerprint density at radius 3 is 1.91 bits per heavy atom. The molecule has 0 saturated carbocycles. The molecule has 2 aromatic rings. The van der Waals surface area contributed by atoms with E-state index in [4.69, 9.17) is 13.3 Å². The number of nitrogens with zero attached hydrogens (tertiary/aromatic N) is 1. The fourth-order valence-electron chi connectivity index (χ4n) is 3.63. The van der Waals surface area contributed by atoms with E-state index in [9.17, 15) is 4.79 Å². The van der Waals surface area contributed by atoms with Gasteiger partial charge < -0.3 is 23.5 Å². The van der Waals surface area contributed by atoms with Crippen molar-refractivity contribution >= 4 is 48.8 Å². The Morgan fingerprint density at radius 1 is 0.941 bits per heavy atom. The van der Waals surface area contributed by atoms with Gasteiger partial charge in [0.05, 0.1) is 0 Å². The van der Waals surface area contributed by atoms with Gasteiger partial charge >= 0.3 is 8.80 Å². The van der Waals surface area contributed by atoms with Crippen LogP contribution in [0.1, 0.15) is 41.0 Å². The van der Waals surface area contributed by atoms with E-state index in [1.165, 1.54) is 0 Å². The molecule has 0 aromatic heterocycles. The minimum atomic E-state index is -2.79. The number of para-hydroxylation sites is 1. The van der Waals surface area contributed by atoms with Gasteiger partial charge in [-0.2, -0.15) is 0 Å². The van der Waals surface area contributed by atoms with Crippen molar-refractivity contribution < 1.29 is 18.1 Å². The molecule has 0 fully saturated rings. The zero-order chi connectivity index (χ0) is 24.3. The molecular weight excluding hydrogens is 512 g/mol. The van der Waals surface area contributed by atoms with Crippen LogP contribution in [0, 0.1) is 0 Å². The number of amides is 1. The average Bonchev–Trinajstić information content (AvgIpc) is 2.81. The maximum Gasteiger partial charge on any atom is 0.503 e. The Balaban J connectivity index is 0.00000578. The summed E-state index contributed by atoms with van der Waals surface area (Å²) < 4.78 is 18.3. The summed E-state index contributed by atoms with van der Waals surface area (Å²) in [5.74, 6) is -0.180. The summed E-state index contributed by atoms with van der Waals surface area (Å²) >= 11 is 0. The van der Waals surface area contributed by atoms with Crippen molar-refractivity contribution in [1.29, 1.82) is 0 Å². The van der Waals surface area contributed by atoms with Crippen molar-refractivity contribution in [3.8, 4) is 0 Å². The second-order valence-electron chi connectivity index (χ2n) is 7.86. The number of carbonyl (C=O) groups is 1. The van der Waals surface area contributed by atoms with Crippen LogP contribution in [-0.2, 0) is 18.1 Å². The Kier molecular flexibility index (Phi) is 13.4. The molecule has 0 spiro atoms. The van der Waals surface area contributed by atoms with Crippen molar-refractivity contribution in [2.24, 2.45) is 0 Å². The minimum Gasteiger partial charge on any atom is -0.374 e. The van der Waals surface area contributed by atoms with Crippen LogP contribution in [-0.4, -0.2) is 41.1 Å². The normalized spacial score (nSPS) is 11.9. The number of nitrogens with one attached hydrogen (secondary N) is 1. The summed E-state index contributed by atoms with van der Waals surface area (Å²) in [6.07, 6.45) is 0.843. The largest absolute Gasteiger partial charge is 0.503 e. The molecule has 2 rings (SSSR count). The SMILES string of the molecule is Br.C=C(C)C(=O)Nc1ccc(N(CCC(C)[Si](OCC)(OCC)OCC)c2ccccc2)cc1. The molecule has 1 atom stereocenters. The number of benzene rings is 2. The monoisotopic (exact) mass is 550 g/mol. The van der Waals surface area contributed by atoms with E-state index in [0.717, 1.165) is 30.0 Å². The molecule has 0 bridgehead atoms. The lowest BCUT2D eigenvalue weighted by molar-refractivity contribution is -0.112. The molecule has 2 aromatic carbocycles. The summed E-state index contributed by atoms with van der Waals surface area (Å²) in [6.45, 7) is 16.0. The van der Waals surface area contributed by atoms with Gasteiger partial charge in [0.25, 0.3) is 5.91 Å². The van der Waals surface area contributed by atoms with Crippen LogP contribution in [0.15, 0.2) is 66.7 Å². The van der Waals surface area contributed by atoms with E-state index in [2.05, 4.69) is 35.9 Å². The van der Waals surface area contributed by atoms with Crippen molar-refractivity contribution in [2.75, 3.05) is 36.6 Å². The van der Waals surface area contributed by atoms with Gasteiger partial charge in [0.2, 0.25) is 0 Å². The molecule has 0 radical (unpaired) electrons. The van der Waals surface area contributed by atoms with Crippen molar-refractivity contribution in [2.45, 2.75) is 46.6 Å². The van der Waals surface area contributed by atoms with Crippen LogP contribution in [0.3, 0.4) is 0 Å². The molecule has 6 nitrogen and oxygen atoms in total. The van der Waals surface area contributed by atoms with Crippen molar-refractivity contribution in [3.63, 3.8) is 0 Å². The number of anilines is 3. The van der Waals surface area contributed by atoms with Crippen LogP contribution in [0.4, 0.5) is 17.1 Å². The first-order valence-corrected chi connectivity index (χ1v) is 13.5. The number of hydrogen-bond acceptors (Lipinski definition) is 5. The molecule has 1 unspecified atom stereocenters. The first kappa shape index (κ1) is 30.1. The Hall–Kier alpha value is -1.97. The van der Waals surface area contributed by atoms with Gasteiger partial charge in [-0.3, -0.25) is 4.79 Å². The van der Waals surface area contributed by atoms with Gasteiger partial charge in [-0.05, 0) is 70.5 Å². The van der Waals surface area contributed by atoms with Crippen LogP contribution < -0.4 is 10.2 Å². The molecule has 8 heteroatoms. The highest BCUT2D eigenvalue weighted by atomic mass is 79.9. The third kappa shape index (κ3) is 8.36. The first-order valence-electron chi connectivity index (χ1n) is 11.7. The van der Waals surface area contributed by atoms with Crippen molar-refractivity contribution in [1.82, 2.24) is 0 Å². The first-order chi connectivity index (χ1) is 15.9.